The van der Waals surface area contributed by atoms with E-state index < -0.39 is 0 Å². The quantitative estimate of drug-likeness (QED) is 0.678. The third-order valence-corrected chi connectivity index (χ3v) is 6.11. The first-order valence-electron chi connectivity index (χ1n) is 11.1. The predicted octanol–water partition coefficient (Wildman–Crippen LogP) is 3.52. The maximum absolute atomic E-state index is 12.6. The van der Waals surface area contributed by atoms with E-state index in [2.05, 4.69) is 10.2 Å². The van der Waals surface area contributed by atoms with Crippen molar-refractivity contribution in [1.82, 2.24) is 9.80 Å². The molecule has 174 valence electrons. The lowest BCUT2D eigenvalue weighted by atomic mass is 10.1. The van der Waals surface area contributed by atoms with Crippen molar-refractivity contribution in [3.63, 3.8) is 0 Å². The first-order chi connectivity index (χ1) is 15.9. The van der Waals surface area contributed by atoms with E-state index in [0.717, 1.165) is 22.4 Å². The fourth-order valence-electron chi connectivity index (χ4n) is 4.02. The third kappa shape index (κ3) is 5.67. The number of para-hydroxylation sites is 1. The highest BCUT2D eigenvalue weighted by atomic mass is 35.5. The highest BCUT2D eigenvalue weighted by molar-refractivity contribution is 6.32. The Labute approximate surface area is 198 Å². The van der Waals surface area contributed by atoms with Crippen LogP contribution in [0, 0.1) is 13.8 Å². The van der Waals surface area contributed by atoms with Crippen LogP contribution in [0.5, 0.6) is 11.5 Å². The maximum atomic E-state index is 12.6. The molecule has 0 radical (unpaired) electrons. The molecule has 0 spiro atoms. The Morgan fingerprint density at radius 1 is 1.06 bits per heavy atom. The summed E-state index contributed by atoms with van der Waals surface area (Å²) >= 11 is 6.26. The van der Waals surface area contributed by atoms with Crippen molar-refractivity contribution in [3.05, 3.63) is 58.1 Å². The molecule has 1 N–H and O–H groups in total. The average Bonchev–Trinajstić information content (AvgIpc) is 2.80. The number of nitrogens with one attached hydrogen (secondary N) is 1. The topological polar surface area (TPSA) is 71.1 Å². The zero-order valence-corrected chi connectivity index (χ0v) is 19.7. The van der Waals surface area contributed by atoms with Gasteiger partial charge >= 0.3 is 0 Å². The Morgan fingerprint density at radius 3 is 2.48 bits per heavy atom. The van der Waals surface area contributed by atoms with E-state index in [9.17, 15) is 9.59 Å². The second kappa shape index (κ2) is 10.3. The molecule has 2 aromatic carbocycles. The van der Waals surface area contributed by atoms with Crippen LogP contribution in [0.25, 0.3) is 6.08 Å². The summed E-state index contributed by atoms with van der Waals surface area (Å²) in [7, 11) is 0. The van der Waals surface area contributed by atoms with Crippen molar-refractivity contribution in [2.45, 2.75) is 13.8 Å². The van der Waals surface area contributed by atoms with Gasteiger partial charge in [-0.15, -0.1) is 0 Å². The Kier molecular flexibility index (Phi) is 7.20. The molecule has 0 saturated carbocycles. The van der Waals surface area contributed by atoms with Crippen LogP contribution in [0.2, 0.25) is 5.02 Å². The number of rotatable bonds is 5. The molecule has 2 aliphatic rings. The number of hydrogen-bond donors (Lipinski definition) is 1. The molecule has 0 unspecified atom stereocenters. The van der Waals surface area contributed by atoms with Crippen LogP contribution >= 0.6 is 11.6 Å². The first-order valence-corrected chi connectivity index (χ1v) is 11.4. The van der Waals surface area contributed by atoms with E-state index >= 15 is 0 Å². The summed E-state index contributed by atoms with van der Waals surface area (Å²) in [4.78, 5) is 29.0. The summed E-state index contributed by atoms with van der Waals surface area (Å²) in [5, 5.41) is 3.49. The van der Waals surface area contributed by atoms with Gasteiger partial charge in [0.1, 0.15) is 13.2 Å². The predicted molar refractivity (Wildman–Crippen MR) is 129 cm³/mol. The van der Waals surface area contributed by atoms with E-state index in [1.54, 1.807) is 23.1 Å². The summed E-state index contributed by atoms with van der Waals surface area (Å²) < 4.78 is 11.1. The summed E-state index contributed by atoms with van der Waals surface area (Å²) in [6.07, 6.45) is 3.28. The first kappa shape index (κ1) is 23.1. The lowest BCUT2D eigenvalue weighted by Crippen LogP contribution is -2.50. The largest absolute Gasteiger partial charge is 0.486 e. The lowest BCUT2D eigenvalue weighted by molar-refractivity contribution is -0.127. The van der Waals surface area contributed by atoms with E-state index in [4.69, 9.17) is 21.1 Å². The molecule has 2 heterocycles. The fourth-order valence-corrected chi connectivity index (χ4v) is 4.29. The fraction of sp³-hybridized carbons (Fsp3) is 0.360. The van der Waals surface area contributed by atoms with Gasteiger partial charge in [-0.05, 0) is 48.7 Å². The maximum Gasteiger partial charge on any atom is 0.246 e. The number of amides is 2. The monoisotopic (exact) mass is 469 g/mol. The molecule has 8 heteroatoms. The molecule has 0 bridgehead atoms. The third-order valence-electron chi connectivity index (χ3n) is 5.83. The number of aryl methyl sites for hydroxylation is 2. The second-order valence-corrected chi connectivity index (χ2v) is 8.68. The van der Waals surface area contributed by atoms with Gasteiger partial charge in [-0.2, -0.15) is 0 Å². The van der Waals surface area contributed by atoms with Crippen molar-refractivity contribution in [3.8, 4) is 11.5 Å². The molecule has 7 nitrogen and oxygen atoms in total. The number of anilines is 1. The number of carbonyl (C=O) groups excluding carboxylic acids is 2. The van der Waals surface area contributed by atoms with Crippen LogP contribution in [-0.2, 0) is 9.59 Å². The van der Waals surface area contributed by atoms with Gasteiger partial charge in [0.05, 0.1) is 11.6 Å². The van der Waals surface area contributed by atoms with Crippen molar-refractivity contribution in [2.75, 3.05) is 51.3 Å². The van der Waals surface area contributed by atoms with Crippen molar-refractivity contribution in [1.29, 1.82) is 0 Å². The van der Waals surface area contributed by atoms with Crippen LogP contribution in [0.4, 0.5) is 5.69 Å². The van der Waals surface area contributed by atoms with Crippen LogP contribution < -0.4 is 14.8 Å². The number of hydrogen-bond acceptors (Lipinski definition) is 5. The zero-order valence-electron chi connectivity index (χ0n) is 18.9. The standard InChI is InChI=1S/C25H28ClN3O4/c1-17-4-3-5-18(2)24(17)27-22(30)16-28-8-10-29(11-9-28)23(31)7-6-19-14-20(26)25-21(15-19)32-12-13-33-25/h3-7,14-15H,8-13,16H2,1-2H3,(H,27,30)/b7-6+. The van der Waals surface area contributed by atoms with Crippen molar-refractivity contribution in [2.24, 2.45) is 0 Å². The number of nitrogens with zero attached hydrogens (tertiary/aromatic N) is 2. The van der Waals surface area contributed by atoms with Gasteiger partial charge in [0.25, 0.3) is 0 Å². The second-order valence-electron chi connectivity index (χ2n) is 8.28. The van der Waals surface area contributed by atoms with Gasteiger partial charge in [-0.1, -0.05) is 29.8 Å². The minimum Gasteiger partial charge on any atom is -0.486 e. The number of benzene rings is 2. The van der Waals surface area contributed by atoms with E-state index in [0.29, 0.717) is 62.5 Å². The minimum atomic E-state index is -0.0688. The highest BCUT2D eigenvalue weighted by Crippen LogP contribution is 2.38. The zero-order chi connectivity index (χ0) is 23.4. The molecular weight excluding hydrogens is 442 g/mol. The Morgan fingerprint density at radius 2 is 1.76 bits per heavy atom. The molecule has 2 amide bonds. The van der Waals surface area contributed by atoms with Gasteiger partial charge in [0.15, 0.2) is 11.5 Å². The van der Waals surface area contributed by atoms with Gasteiger partial charge in [0, 0.05) is 37.9 Å². The van der Waals surface area contributed by atoms with Gasteiger partial charge in [0.2, 0.25) is 11.8 Å². The van der Waals surface area contributed by atoms with Crippen LogP contribution in [-0.4, -0.2) is 67.6 Å². The number of carbonyl (C=O) groups is 2. The number of ether oxygens (including phenoxy) is 2. The van der Waals surface area contributed by atoms with Crippen LogP contribution in [0.3, 0.4) is 0 Å². The normalized spacial score (nSPS) is 16.2. The van der Waals surface area contributed by atoms with Crippen LogP contribution in [0.1, 0.15) is 16.7 Å². The highest BCUT2D eigenvalue weighted by Gasteiger charge is 2.22. The summed E-state index contributed by atoms with van der Waals surface area (Å²) in [6, 6.07) is 9.52. The summed E-state index contributed by atoms with van der Waals surface area (Å²) in [5.41, 5.74) is 3.75. The molecule has 1 saturated heterocycles. The molecule has 33 heavy (non-hydrogen) atoms. The summed E-state index contributed by atoms with van der Waals surface area (Å²) in [5.74, 6) is 1.03. The minimum absolute atomic E-state index is 0.0393. The molecule has 0 aromatic heterocycles. The molecule has 0 atom stereocenters. The van der Waals surface area contributed by atoms with Gasteiger partial charge in [-0.25, -0.2) is 0 Å². The molecular formula is C25H28ClN3O4. The van der Waals surface area contributed by atoms with Crippen molar-refractivity contribution < 1.29 is 19.1 Å². The van der Waals surface area contributed by atoms with E-state index in [-0.39, 0.29) is 11.8 Å². The van der Waals surface area contributed by atoms with E-state index in [1.165, 1.54) is 0 Å². The van der Waals surface area contributed by atoms with Gasteiger partial charge < -0.3 is 19.7 Å². The number of halogens is 1. The number of piperazine rings is 1. The van der Waals surface area contributed by atoms with Crippen molar-refractivity contribution >= 4 is 35.2 Å². The molecule has 0 aliphatic carbocycles. The lowest BCUT2D eigenvalue weighted by Gasteiger charge is -2.33. The molecule has 4 rings (SSSR count). The Hall–Kier alpha value is -3.03. The van der Waals surface area contributed by atoms with Gasteiger partial charge in [-0.3, -0.25) is 14.5 Å². The Bertz CT molecular complexity index is 1060. The molecule has 2 aliphatic heterocycles. The smallest absolute Gasteiger partial charge is 0.246 e. The number of fused-ring (bicyclic) bond motifs is 1. The Balaban J connectivity index is 1.28. The van der Waals surface area contributed by atoms with Crippen LogP contribution in [0.15, 0.2) is 36.4 Å². The molecule has 1 fully saturated rings. The average molecular weight is 470 g/mol. The van der Waals surface area contributed by atoms with E-state index in [1.807, 2.05) is 38.1 Å². The molecule has 2 aromatic rings. The summed E-state index contributed by atoms with van der Waals surface area (Å²) in [6.45, 7) is 7.66. The SMILES string of the molecule is Cc1cccc(C)c1NC(=O)CN1CCN(C(=O)/C=C/c2cc(Cl)c3c(c2)OCCO3)CC1.